The number of halogens is 4. The molecule has 0 saturated heterocycles. The molecule has 1 unspecified atom stereocenters. The summed E-state index contributed by atoms with van der Waals surface area (Å²) in [6.07, 6.45) is -0.603. The van der Waals surface area contributed by atoms with Crippen LogP contribution < -0.4 is 0 Å². The van der Waals surface area contributed by atoms with Crippen molar-refractivity contribution < 1.29 is 34.5 Å². The lowest BCUT2D eigenvalue weighted by atomic mass is 9.96. The lowest BCUT2D eigenvalue weighted by Gasteiger charge is -2.12. The van der Waals surface area contributed by atoms with E-state index in [0.717, 1.165) is 50.8 Å². The zero-order valence-corrected chi connectivity index (χ0v) is 31.7. The van der Waals surface area contributed by atoms with Crippen molar-refractivity contribution in [2.45, 2.75) is 20.1 Å². The van der Waals surface area contributed by atoms with E-state index in [0.29, 0.717) is 5.56 Å². The molecule has 6 rings (SSSR count). The van der Waals surface area contributed by atoms with Gasteiger partial charge < -0.3 is 15.3 Å². The molecule has 0 spiro atoms. The van der Waals surface area contributed by atoms with Gasteiger partial charge in [-0.15, -0.1) is 23.2 Å². The molecule has 55 heavy (non-hydrogen) atoms. The molecule has 286 valence electrons. The molecule has 0 aliphatic heterocycles. The maximum Gasteiger partial charge on any atom is 0.337 e. The summed E-state index contributed by atoms with van der Waals surface area (Å²) >= 11 is 18.5. The van der Waals surface area contributed by atoms with E-state index in [1.807, 2.05) is 133 Å². The van der Waals surface area contributed by atoms with Crippen LogP contribution in [-0.2, 0) is 21.0 Å². The van der Waals surface area contributed by atoms with Gasteiger partial charge in [-0.2, -0.15) is 0 Å². The van der Waals surface area contributed by atoms with Crippen molar-refractivity contribution in [3.8, 4) is 33.4 Å². The molecule has 0 saturated carbocycles. The first-order valence-corrected chi connectivity index (χ1v) is 17.8. The van der Waals surface area contributed by atoms with Crippen LogP contribution in [0.2, 0.25) is 0 Å². The van der Waals surface area contributed by atoms with E-state index >= 15 is 0 Å². The Balaban J connectivity index is 0.000000370. The number of hydrogen-bond acceptors (Lipinski definition) is 6. The zero-order valence-electron chi connectivity index (χ0n) is 28.6. The number of rotatable bonds is 8. The lowest BCUT2D eigenvalue weighted by molar-refractivity contribution is -0.146. The van der Waals surface area contributed by atoms with Crippen LogP contribution in [0.5, 0.6) is 0 Å². The van der Waals surface area contributed by atoms with Gasteiger partial charge in [0, 0.05) is 5.56 Å². The highest BCUT2D eigenvalue weighted by molar-refractivity contribution is 6.97. The smallest absolute Gasteiger partial charge is 0.337 e. The molecule has 6 aromatic carbocycles. The first-order chi connectivity index (χ1) is 26.1. The molecular formula is C44H40Cl4O7. The van der Waals surface area contributed by atoms with E-state index in [1.54, 1.807) is 18.2 Å². The summed E-state index contributed by atoms with van der Waals surface area (Å²) in [5.74, 6) is -1.24. The highest BCUT2D eigenvalue weighted by Crippen LogP contribution is 2.28. The Labute approximate surface area is 341 Å². The van der Waals surface area contributed by atoms with Crippen LogP contribution in [0, 0.1) is 0 Å². The third-order valence-corrected chi connectivity index (χ3v) is 7.61. The molecule has 0 aliphatic rings. The van der Waals surface area contributed by atoms with Gasteiger partial charge in [0.2, 0.25) is 0 Å². The first-order valence-electron chi connectivity index (χ1n) is 16.0. The second kappa shape index (κ2) is 27.5. The number of benzene rings is 6. The fraction of sp³-hybridized carbons (Fsp3) is 0.0909. The van der Waals surface area contributed by atoms with Crippen molar-refractivity contribution in [2.75, 3.05) is 5.34 Å². The van der Waals surface area contributed by atoms with E-state index < -0.39 is 22.6 Å². The van der Waals surface area contributed by atoms with Crippen LogP contribution in [0.4, 0.5) is 0 Å². The summed E-state index contributed by atoms with van der Waals surface area (Å²) in [4.78, 5) is 40.5. The fourth-order valence-corrected chi connectivity index (χ4v) is 4.79. The number of aldehydes is 1. The van der Waals surface area contributed by atoms with Crippen molar-refractivity contribution >= 4 is 69.1 Å². The van der Waals surface area contributed by atoms with E-state index in [2.05, 4.69) is 35.3 Å². The Morgan fingerprint density at radius 2 is 0.891 bits per heavy atom. The maximum absolute atomic E-state index is 10.8. The number of hydrogen-bond donors (Lipinski definition) is 3. The van der Waals surface area contributed by atoms with Crippen molar-refractivity contribution in [1.82, 2.24) is 0 Å². The highest BCUT2D eigenvalue weighted by Gasteiger charge is 2.19. The van der Waals surface area contributed by atoms with Gasteiger partial charge in [-0.25, -0.2) is 4.79 Å². The largest absolute Gasteiger partial charge is 0.479 e. The maximum atomic E-state index is 10.8. The Bertz CT molecular complexity index is 2020. The summed E-state index contributed by atoms with van der Waals surface area (Å²) < 4.78 is 0. The molecule has 0 aliphatic carbocycles. The highest BCUT2D eigenvalue weighted by atomic mass is 35.5. The molecule has 7 nitrogen and oxygen atoms in total. The van der Waals surface area contributed by atoms with Crippen molar-refractivity contribution in [3.63, 3.8) is 0 Å². The minimum Gasteiger partial charge on any atom is -0.479 e. The molecule has 0 heterocycles. The van der Waals surface area contributed by atoms with Crippen LogP contribution in [0.15, 0.2) is 164 Å². The molecule has 3 N–H and O–H groups in total. The van der Waals surface area contributed by atoms with Gasteiger partial charge in [-0.05, 0) is 67.7 Å². The van der Waals surface area contributed by atoms with E-state index in [9.17, 15) is 29.4 Å². The molecule has 11 heteroatoms. The predicted molar refractivity (Wildman–Crippen MR) is 225 cm³/mol. The Kier molecular flexibility index (Phi) is 23.9. The molecule has 1 atom stereocenters. The van der Waals surface area contributed by atoms with Crippen molar-refractivity contribution in [3.05, 3.63) is 180 Å². The number of aliphatic hydroxyl groups is 2. The second-order valence-corrected chi connectivity index (χ2v) is 12.1. The predicted octanol–water partition coefficient (Wildman–Crippen LogP) is 11.1. The lowest BCUT2D eigenvalue weighted by Crippen LogP contribution is -2.11. The topological polar surface area (TPSA) is 129 Å². The van der Waals surface area contributed by atoms with Gasteiger partial charge in [0.1, 0.15) is 0 Å². The Morgan fingerprint density at radius 1 is 0.545 bits per heavy atom. The van der Waals surface area contributed by atoms with Crippen LogP contribution in [0.25, 0.3) is 33.4 Å². The van der Waals surface area contributed by atoms with E-state index in [-0.39, 0.29) is 19.4 Å². The summed E-state index contributed by atoms with van der Waals surface area (Å²) in [7, 11) is 0. The Morgan fingerprint density at radius 3 is 1.31 bits per heavy atom. The van der Waals surface area contributed by atoms with E-state index in [1.165, 1.54) is 0 Å². The first kappa shape index (κ1) is 47.9. The molecule has 6 aromatic rings. The summed E-state index contributed by atoms with van der Waals surface area (Å²) in [6, 6.07) is 51.9. The summed E-state index contributed by atoms with van der Waals surface area (Å²) in [6.45, 7) is 0.0884. The minimum absolute atomic E-state index is 0. The van der Waals surface area contributed by atoms with Gasteiger partial charge >= 0.3 is 16.5 Å². The van der Waals surface area contributed by atoms with Gasteiger partial charge in [0.15, 0.2) is 12.4 Å². The van der Waals surface area contributed by atoms with Crippen LogP contribution in [0.1, 0.15) is 35.0 Å². The number of carboxylic acid groups (broad SMARTS) is 1. The molecular weight excluding hydrogens is 782 g/mol. The van der Waals surface area contributed by atoms with Gasteiger partial charge in [-0.3, -0.25) is 14.4 Å². The molecule has 0 amide bonds. The summed E-state index contributed by atoms with van der Waals surface area (Å²) in [5, 5.41) is 25.6. The van der Waals surface area contributed by atoms with Gasteiger partial charge in [-0.1, -0.05) is 171 Å². The number of carbonyl (C=O) groups is 4. The number of aliphatic hydroxyl groups excluding tert-OH is 2. The Hall–Kier alpha value is -5.12. The normalized spacial score (nSPS) is 9.93. The molecule has 0 radical (unpaired) electrons. The SMILES string of the molecule is C.ClCCl.O=C(Cl)C(=O)Cl.O=C(O)C(O)c1ccccc1-c1ccccc1.O=Cc1ccccc1-c1ccccc1.OCc1ccccc1-c1ccccc1. The number of carbonyl (C=O) groups excluding carboxylic acids is 3. The number of carboxylic acids is 1. The number of aliphatic carboxylic acids is 1. The molecule has 0 bridgehead atoms. The molecule has 0 fully saturated rings. The third kappa shape index (κ3) is 16.8. The molecule has 0 aromatic heterocycles. The van der Waals surface area contributed by atoms with Crippen molar-refractivity contribution in [2.24, 2.45) is 0 Å². The van der Waals surface area contributed by atoms with Crippen LogP contribution >= 0.6 is 46.4 Å². The quantitative estimate of drug-likeness (QED) is 0.0603. The van der Waals surface area contributed by atoms with E-state index in [4.69, 9.17) is 28.3 Å². The number of alkyl halides is 2. The monoisotopic (exact) mass is 820 g/mol. The standard InChI is InChI=1S/C14H12O3.C13H12O.C13H10O.C2Cl2O2.CH2Cl2.CH4/c15-13(14(16)17)12-9-5-4-8-11(12)10-6-2-1-3-7-10;2*14-10-12-8-4-5-9-13(12)11-6-2-1-3-7-11;3-1(5)2(4)6;2-1-3;/h1-9,13,15H,(H,16,17);1-9,14H,10H2;1-10H;;1H2;1H4. The third-order valence-electron chi connectivity index (χ3n) is 7.17. The minimum atomic E-state index is -1.49. The van der Waals surface area contributed by atoms with Gasteiger partial charge in [0.05, 0.1) is 11.9 Å². The van der Waals surface area contributed by atoms with Gasteiger partial charge in [0.25, 0.3) is 0 Å². The fourth-order valence-electron chi connectivity index (χ4n) is 4.79. The summed E-state index contributed by atoms with van der Waals surface area (Å²) in [5.41, 5.74) is 8.07. The van der Waals surface area contributed by atoms with Crippen LogP contribution in [-0.4, -0.2) is 43.4 Å². The average molecular weight is 823 g/mol. The zero-order chi connectivity index (χ0) is 39.7. The van der Waals surface area contributed by atoms with Crippen LogP contribution in [0.3, 0.4) is 0 Å². The second-order valence-electron chi connectivity index (χ2n) is 10.6. The average Bonchev–Trinajstić information content (AvgIpc) is 3.22. The van der Waals surface area contributed by atoms with Crippen molar-refractivity contribution in [1.29, 1.82) is 0 Å².